The topological polar surface area (TPSA) is 78.9 Å². The number of hydrogen-bond acceptors (Lipinski definition) is 6. The Hall–Kier alpha value is -2.63. The minimum absolute atomic E-state index is 0.0896. The molecule has 0 aromatic rings. The van der Waals surface area contributed by atoms with Gasteiger partial charge >= 0.3 is 17.9 Å². The van der Waals surface area contributed by atoms with Crippen molar-refractivity contribution in [3.05, 3.63) is 48.6 Å². The molecule has 0 N–H and O–H groups in total. The van der Waals surface area contributed by atoms with Crippen molar-refractivity contribution in [3.8, 4) is 0 Å². The van der Waals surface area contributed by atoms with E-state index in [-0.39, 0.29) is 31.1 Å². The molecule has 0 fully saturated rings. The molecule has 378 valence electrons. The van der Waals surface area contributed by atoms with Crippen LogP contribution in [0.4, 0.5) is 0 Å². The van der Waals surface area contributed by atoms with Crippen LogP contribution in [0.25, 0.3) is 0 Å². The average Bonchev–Trinajstić information content (AvgIpc) is 3.30. The Morgan fingerprint density at radius 2 is 0.538 bits per heavy atom. The SMILES string of the molecule is CCCCCCCCC/C=C\C=C/CCCCCC(=O)OCC(COC(=O)CCCCCCCCCCCCCCCCC)OC(=O)CCCCC/C=C\C=C/CCCCCCCCC. The smallest absolute Gasteiger partial charge is 0.306 e. The average molecular weight is 911 g/mol. The van der Waals surface area contributed by atoms with Crippen LogP contribution in [0, 0.1) is 0 Å². The van der Waals surface area contributed by atoms with Crippen molar-refractivity contribution in [1.29, 1.82) is 0 Å². The molecule has 1 atom stereocenters. The zero-order valence-electron chi connectivity index (χ0n) is 43.3. The summed E-state index contributed by atoms with van der Waals surface area (Å²) in [6.07, 6.45) is 65.3. The number of ether oxygens (including phenoxy) is 3. The molecule has 0 saturated carbocycles. The predicted octanol–water partition coefficient (Wildman–Crippen LogP) is 18.7. The van der Waals surface area contributed by atoms with Crippen LogP contribution in [-0.2, 0) is 28.6 Å². The first-order valence-electron chi connectivity index (χ1n) is 28.2. The van der Waals surface area contributed by atoms with Crippen LogP contribution in [0.5, 0.6) is 0 Å². The Balaban J connectivity index is 4.44. The van der Waals surface area contributed by atoms with Crippen LogP contribution >= 0.6 is 0 Å². The molecule has 0 aliphatic rings. The molecule has 0 aliphatic heterocycles. The first-order valence-corrected chi connectivity index (χ1v) is 28.2. The fraction of sp³-hybridized carbons (Fsp3) is 0.814. The maximum Gasteiger partial charge on any atom is 0.306 e. The second-order valence-corrected chi connectivity index (χ2v) is 18.9. The van der Waals surface area contributed by atoms with Crippen molar-refractivity contribution >= 4 is 17.9 Å². The number of unbranched alkanes of at least 4 members (excludes halogenated alkanes) is 34. The third kappa shape index (κ3) is 52.2. The third-order valence-corrected chi connectivity index (χ3v) is 12.4. The van der Waals surface area contributed by atoms with E-state index in [0.717, 1.165) is 83.5 Å². The third-order valence-electron chi connectivity index (χ3n) is 12.4. The van der Waals surface area contributed by atoms with Crippen molar-refractivity contribution in [2.24, 2.45) is 0 Å². The number of allylic oxidation sites excluding steroid dienone is 8. The molecule has 0 spiro atoms. The number of rotatable bonds is 51. The highest BCUT2D eigenvalue weighted by molar-refractivity contribution is 5.71. The van der Waals surface area contributed by atoms with Crippen LogP contribution in [-0.4, -0.2) is 37.2 Å². The van der Waals surface area contributed by atoms with Gasteiger partial charge in [0.2, 0.25) is 0 Å². The largest absolute Gasteiger partial charge is 0.462 e. The van der Waals surface area contributed by atoms with E-state index in [4.69, 9.17) is 14.2 Å². The number of hydrogen-bond donors (Lipinski definition) is 0. The fourth-order valence-electron chi connectivity index (χ4n) is 8.07. The normalized spacial score (nSPS) is 12.4. The van der Waals surface area contributed by atoms with Gasteiger partial charge in [-0.25, -0.2) is 0 Å². The van der Waals surface area contributed by atoms with Crippen LogP contribution in [0.1, 0.15) is 290 Å². The lowest BCUT2D eigenvalue weighted by molar-refractivity contribution is -0.167. The van der Waals surface area contributed by atoms with Gasteiger partial charge in [0, 0.05) is 19.3 Å². The van der Waals surface area contributed by atoms with Gasteiger partial charge in [0.05, 0.1) is 0 Å². The maximum absolute atomic E-state index is 12.8. The lowest BCUT2D eigenvalue weighted by Gasteiger charge is -2.18. The van der Waals surface area contributed by atoms with E-state index >= 15 is 0 Å². The monoisotopic (exact) mass is 911 g/mol. The molecule has 0 aromatic carbocycles. The number of carbonyl (C=O) groups is 3. The van der Waals surface area contributed by atoms with E-state index in [0.29, 0.717) is 19.3 Å². The Bertz CT molecular complexity index is 1140. The predicted molar refractivity (Wildman–Crippen MR) is 279 cm³/mol. The molecule has 1 unspecified atom stereocenters. The summed E-state index contributed by atoms with van der Waals surface area (Å²) in [5, 5.41) is 0. The van der Waals surface area contributed by atoms with Gasteiger partial charge < -0.3 is 14.2 Å². The van der Waals surface area contributed by atoms with E-state index < -0.39 is 6.10 Å². The lowest BCUT2D eigenvalue weighted by atomic mass is 10.0. The standard InChI is InChI=1S/C59H106O6/c1-4-7-10-13-16-19-22-25-28-31-34-37-40-43-46-49-52-58(61)64-55-56(54-63-57(60)51-48-45-42-39-36-33-30-27-24-21-18-15-12-9-6-3)65-59(62)53-50-47-44-41-38-35-32-29-26-23-20-17-14-11-8-5-2/h28-29,31-32,34-35,37-38,56H,4-27,30,33,36,39-55H2,1-3H3/b31-28-,32-29-,37-34-,38-35-. The summed E-state index contributed by atoms with van der Waals surface area (Å²) in [5.41, 5.74) is 0. The Labute approximate surface area is 403 Å². The summed E-state index contributed by atoms with van der Waals surface area (Å²) in [6.45, 7) is 6.61. The van der Waals surface area contributed by atoms with Gasteiger partial charge in [-0.15, -0.1) is 0 Å². The Morgan fingerprint density at radius 3 is 0.831 bits per heavy atom. The highest BCUT2D eigenvalue weighted by Gasteiger charge is 2.19. The number of esters is 3. The molecule has 0 aromatic heterocycles. The van der Waals surface area contributed by atoms with E-state index in [1.807, 2.05) is 0 Å². The highest BCUT2D eigenvalue weighted by atomic mass is 16.6. The molecule has 0 heterocycles. The Kier molecular flexibility index (Phi) is 51.8. The van der Waals surface area contributed by atoms with E-state index in [2.05, 4.69) is 69.4 Å². The quantitative estimate of drug-likeness (QED) is 0.0262. The summed E-state index contributed by atoms with van der Waals surface area (Å²) in [5.74, 6) is -0.931. The van der Waals surface area contributed by atoms with Gasteiger partial charge in [0.25, 0.3) is 0 Å². The van der Waals surface area contributed by atoms with Gasteiger partial charge in [-0.05, 0) is 70.6 Å². The molecular formula is C59H106O6. The van der Waals surface area contributed by atoms with Gasteiger partial charge in [0.1, 0.15) is 13.2 Å². The molecule has 0 amide bonds. The van der Waals surface area contributed by atoms with Crippen molar-refractivity contribution in [1.82, 2.24) is 0 Å². The molecule has 0 aliphatic carbocycles. The zero-order valence-corrected chi connectivity index (χ0v) is 43.3. The van der Waals surface area contributed by atoms with E-state index in [1.54, 1.807) is 0 Å². The van der Waals surface area contributed by atoms with Gasteiger partial charge in [-0.3, -0.25) is 14.4 Å². The van der Waals surface area contributed by atoms with Crippen LogP contribution in [0.15, 0.2) is 48.6 Å². The summed E-state index contributed by atoms with van der Waals surface area (Å²) in [7, 11) is 0. The fourth-order valence-corrected chi connectivity index (χ4v) is 8.07. The molecule has 0 rings (SSSR count). The van der Waals surface area contributed by atoms with Crippen LogP contribution in [0.3, 0.4) is 0 Å². The molecule has 0 saturated heterocycles. The van der Waals surface area contributed by atoms with Crippen molar-refractivity contribution < 1.29 is 28.6 Å². The van der Waals surface area contributed by atoms with Crippen LogP contribution in [0.2, 0.25) is 0 Å². The van der Waals surface area contributed by atoms with Crippen LogP contribution < -0.4 is 0 Å². The minimum Gasteiger partial charge on any atom is -0.462 e. The minimum atomic E-state index is -0.795. The molecular weight excluding hydrogens is 805 g/mol. The summed E-state index contributed by atoms with van der Waals surface area (Å²) in [6, 6.07) is 0. The van der Waals surface area contributed by atoms with Gasteiger partial charge in [-0.2, -0.15) is 0 Å². The van der Waals surface area contributed by atoms with Gasteiger partial charge in [0.15, 0.2) is 6.10 Å². The highest BCUT2D eigenvalue weighted by Crippen LogP contribution is 2.15. The molecule has 65 heavy (non-hydrogen) atoms. The molecule has 6 heteroatoms. The number of carbonyl (C=O) groups excluding carboxylic acids is 3. The van der Waals surface area contributed by atoms with Crippen molar-refractivity contribution in [3.63, 3.8) is 0 Å². The second kappa shape index (κ2) is 54.0. The van der Waals surface area contributed by atoms with Crippen molar-refractivity contribution in [2.45, 2.75) is 297 Å². The molecule has 0 radical (unpaired) electrons. The maximum atomic E-state index is 12.8. The summed E-state index contributed by atoms with van der Waals surface area (Å²) < 4.78 is 16.8. The summed E-state index contributed by atoms with van der Waals surface area (Å²) >= 11 is 0. The Morgan fingerprint density at radius 1 is 0.308 bits per heavy atom. The first-order chi connectivity index (χ1) is 32.0. The molecule has 6 nitrogen and oxygen atoms in total. The summed E-state index contributed by atoms with van der Waals surface area (Å²) in [4.78, 5) is 38.1. The van der Waals surface area contributed by atoms with Crippen molar-refractivity contribution in [2.75, 3.05) is 13.2 Å². The second-order valence-electron chi connectivity index (χ2n) is 18.9. The van der Waals surface area contributed by atoms with E-state index in [1.165, 1.54) is 167 Å². The first kappa shape index (κ1) is 62.4. The zero-order chi connectivity index (χ0) is 47.2. The molecule has 0 bridgehead atoms. The van der Waals surface area contributed by atoms with Gasteiger partial charge in [-0.1, -0.05) is 249 Å². The van der Waals surface area contributed by atoms with E-state index in [9.17, 15) is 14.4 Å². The lowest BCUT2D eigenvalue weighted by Crippen LogP contribution is -2.30.